The lowest BCUT2D eigenvalue weighted by molar-refractivity contribution is 0.0678. The lowest BCUT2D eigenvalue weighted by Crippen LogP contribution is -2.42. The Morgan fingerprint density at radius 2 is 2.00 bits per heavy atom. The molecule has 0 aromatic heterocycles. The molecular weight excluding hydrogens is 268 g/mol. The minimum absolute atomic E-state index is 0.00898. The van der Waals surface area contributed by atoms with E-state index >= 15 is 0 Å². The minimum atomic E-state index is 0.00898. The van der Waals surface area contributed by atoms with E-state index in [1.165, 1.54) is 12.8 Å². The smallest absolute Gasteiger partial charge is 0.258 e. The van der Waals surface area contributed by atoms with Gasteiger partial charge in [0.05, 0.1) is 5.56 Å². The molecule has 1 amide bonds. The third kappa shape index (κ3) is 2.83. The molecule has 1 aromatic rings. The average Bonchev–Trinajstić information content (AvgIpc) is 3.05. The molecule has 0 spiro atoms. The van der Waals surface area contributed by atoms with Gasteiger partial charge in [0.1, 0.15) is 13.2 Å². The highest BCUT2D eigenvalue weighted by Gasteiger charge is 2.30. The topological polar surface area (TPSA) is 64.8 Å². The lowest BCUT2D eigenvalue weighted by atomic mass is 10.1. The fourth-order valence-corrected chi connectivity index (χ4v) is 3.20. The van der Waals surface area contributed by atoms with E-state index < -0.39 is 0 Å². The van der Waals surface area contributed by atoms with Crippen molar-refractivity contribution < 1.29 is 14.3 Å². The Hall–Kier alpha value is -1.75. The number of nitrogens with zero attached hydrogens (tertiary/aromatic N) is 1. The summed E-state index contributed by atoms with van der Waals surface area (Å²) in [6.07, 6.45) is 4.51. The number of nitrogens with two attached hydrogens (primary N) is 1. The van der Waals surface area contributed by atoms with Gasteiger partial charge in [-0.1, -0.05) is 18.9 Å². The second-order valence-electron chi connectivity index (χ2n) is 5.56. The fourth-order valence-electron chi connectivity index (χ4n) is 3.20. The van der Waals surface area contributed by atoms with Gasteiger partial charge < -0.3 is 20.1 Å². The Kier molecular flexibility index (Phi) is 4.29. The summed E-state index contributed by atoms with van der Waals surface area (Å²) < 4.78 is 11.2. The Labute approximate surface area is 125 Å². The van der Waals surface area contributed by atoms with E-state index in [2.05, 4.69) is 0 Å². The maximum atomic E-state index is 12.9. The number of carbonyl (C=O) groups is 1. The molecule has 1 fully saturated rings. The Bertz CT molecular complexity index is 512. The van der Waals surface area contributed by atoms with Crippen LogP contribution in [0, 0.1) is 0 Å². The Morgan fingerprint density at radius 3 is 2.76 bits per heavy atom. The molecule has 21 heavy (non-hydrogen) atoms. The highest BCUT2D eigenvalue weighted by molar-refractivity contribution is 5.98. The first-order valence-electron chi connectivity index (χ1n) is 7.71. The van der Waals surface area contributed by atoms with E-state index in [9.17, 15) is 4.79 Å². The SMILES string of the molecule is NCCN(C(=O)c1cccc2c1OCCO2)C1CCCC1. The molecule has 114 valence electrons. The molecule has 1 heterocycles. The van der Waals surface area contributed by atoms with Gasteiger partial charge >= 0.3 is 0 Å². The zero-order valence-corrected chi connectivity index (χ0v) is 12.2. The maximum Gasteiger partial charge on any atom is 0.258 e. The third-order valence-electron chi connectivity index (χ3n) is 4.19. The quantitative estimate of drug-likeness (QED) is 0.918. The van der Waals surface area contributed by atoms with Crippen LogP contribution in [0.15, 0.2) is 18.2 Å². The molecule has 1 aliphatic heterocycles. The number of amides is 1. The van der Waals surface area contributed by atoms with Gasteiger partial charge in [0.25, 0.3) is 5.91 Å². The molecule has 1 saturated carbocycles. The van der Waals surface area contributed by atoms with E-state index in [-0.39, 0.29) is 5.91 Å². The van der Waals surface area contributed by atoms with E-state index in [0.717, 1.165) is 12.8 Å². The predicted octanol–water partition coefficient (Wildman–Crippen LogP) is 1.80. The van der Waals surface area contributed by atoms with Gasteiger partial charge in [-0.25, -0.2) is 0 Å². The van der Waals surface area contributed by atoms with Crippen molar-refractivity contribution in [2.75, 3.05) is 26.3 Å². The van der Waals surface area contributed by atoms with Crippen LogP contribution in [0.1, 0.15) is 36.0 Å². The fraction of sp³-hybridized carbons (Fsp3) is 0.562. The summed E-state index contributed by atoms with van der Waals surface area (Å²) in [5.41, 5.74) is 6.29. The highest BCUT2D eigenvalue weighted by atomic mass is 16.6. The molecule has 1 aliphatic carbocycles. The summed E-state index contributed by atoms with van der Waals surface area (Å²) in [6, 6.07) is 5.81. The minimum Gasteiger partial charge on any atom is -0.486 e. The van der Waals surface area contributed by atoms with Crippen LogP contribution in [0.25, 0.3) is 0 Å². The molecular formula is C16H22N2O3. The molecule has 2 aliphatic rings. The Balaban J connectivity index is 1.88. The van der Waals surface area contributed by atoms with Gasteiger partial charge in [-0.2, -0.15) is 0 Å². The van der Waals surface area contributed by atoms with Crippen molar-refractivity contribution in [2.24, 2.45) is 5.73 Å². The van der Waals surface area contributed by atoms with Crippen molar-refractivity contribution in [3.63, 3.8) is 0 Å². The summed E-state index contributed by atoms with van der Waals surface area (Å²) in [6.45, 7) is 2.08. The van der Waals surface area contributed by atoms with Crippen LogP contribution in [0.4, 0.5) is 0 Å². The van der Waals surface area contributed by atoms with Crippen LogP contribution >= 0.6 is 0 Å². The van der Waals surface area contributed by atoms with E-state index in [1.807, 2.05) is 23.1 Å². The van der Waals surface area contributed by atoms with Gasteiger partial charge in [-0.15, -0.1) is 0 Å². The van der Waals surface area contributed by atoms with Gasteiger partial charge in [0, 0.05) is 19.1 Å². The van der Waals surface area contributed by atoms with Crippen molar-refractivity contribution in [3.05, 3.63) is 23.8 Å². The molecule has 2 N–H and O–H groups in total. The van der Waals surface area contributed by atoms with Crippen LogP contribution < -0.4 is 15.2 Å². The van der Waals surface area contributed by atoms with Gasteiger partial charge in [0.15, 0.2) is 11.5 Å². The number of carbonyl (C=O) groups excluding carboxylic acids is 1. The first-order valence-corrected chi connectivity index (χ1v) is 7.71. The van der Waals surface area contributed by atoms with Gasteiger partial charge in [0.2, 0.25) is 0 Å². The molecule has 5 heteroatoms. The highest BCUT2D eigenvalue weighted by Crippen LogP contribution is 2.35. The monoisotopic (exact) mass is 290 g/mol. The molecule has 5 nitrogen and oxygen atoms in total. The van der Waals surface area contributed by atoms with Crippen LogP contribution in [0.5, 0.6) is 11.5 Å². The zero-order valence-electron chi connectivity index (χ0n) is 12.2. The molecule has 3 rings (SSSR count). The largest absolute Gasteiger partial charge is 0.486 e. The number of benzene rings is 1. The van der Waals surface area contributed by atoms with Crippen LogP contribution in [-0.2, 0) is 0 Å². The van der Waals surface area contributed by atoms with Crippen molar-refractivity contribution in [2.45, 2.75) is 31.7 Å². The van der Waals surface area contributed by atoms with Gasteiger partial charge in [-0.3, -0.25) is 4.79 Å². The lowest BCUT2D eigenvalue weighted by Gasteiger charge is -2.30. The van der Waals surface area contributed by atoms with Crippen molar-refractivity contribution in [1.82, 2.24) is 4.90 Å². The third-order valence-corrected chi connectivity index (χ3v) is 4.19. The number of hydrogen-bond acceptors (Lipinski definition) is 4. The predicted molar refractivity (Wildman–Crippen MR) is 79.8 cm³/mol. The molecule has 0 radical (unpaired) electrons. The van der Waals surface area contributed by atoms with E-state index in [1.54, 1.807) is 0 Å². The molecule has 0 atom stereocenters. The van der Waals surface area contributed by atoms with Crippen molar-refractivity contribution in [1.29, 1.82) is 0 Å². The summed E-state index contributed by atoms with van der Waals surface area (Å²) in [5.74, 6) is 1.25. The maximum absolute atomic E-state index is 12.9. The zero-order chi connectivity index (χ0) is 14.7. The molecule has 0 saturated heterocycles. The number of rotatable bonds is 4. The first-order chi connectivity index (χ1) is 10.3. The second kappa shape index (κ2) is 6.35. The standard InChI is InChI=1S/C16H22N2O3/c17-8-9-18(12-4-1-2-5-12)16(19)13-6-3-7-14-15(13)21-11-10-20-14/h3,6-7,12H,1-2,4-5,8-11,17H2. The van der Waals surface area contributed by atoms with E-state index in [4.69, 9.17) is 15.2 Å². The normalized spacial score (nSPS) is 17.8. The second-order valence-corrected chi connectivity index (χ2v) is 5.56. The number of ether oxygens (including phenoxy) is 2. The number of para-hydroxylation sites is 1. The summed E-state index contributed by atoms with van der Waals surface area (Å²) >= 11 is 0. The Morgan fingerprint density at radius 1 is 1.24 bits per heavy atom. The number of hydrogen-bond donors (Lipinski definition) is 1. The van der Waals surface area contributed by atoms with Gasteiger partial charge in [-0.05, 0) is 25.0 Å². The van der Waals surface area contributed by atoms with Crippen molar-refractivity contribution >= 4 is 5.91 Å². The number of fused-ring (bicyclic) bond motifs is 1. The van der Waals surface area contributed by atoms with E-state index in [0.29, 0.717) is 49.4 Å². The summed E-state index contributed by atoms with van der Waals surface area (Å²) in [4.78, 5) is 14.8. The molecule has 1 aromatic carbocycles. The summed E-state index contributed by atoms with van der Waals surface area (Å²) in [5, 5.41) is 0. The van der Waals surface area contributed by atoms with Crippen LogP contribution in [-0.4, -0.2) is 43.2 Å². The summed E-state index contributed by atoms with van der Waals surface area (Å²) in [7, 11) is 0. The van der Waals surface area contributed by atoms with Crippen LogP contribution in [0.2, 0.25) is 0 Å². The van der Waals surface area contributed by atoms with Crippen molar-refractivity contribution in [3.8, 4) is 11.5 Å². The average molecular weight is 290 g/mol. The first kappa shape index (κ1) is 14.2. The molecule has 0 bridgehead atoms. The van der Waals surface area contributed by atoms with Crippen LogP contribution in [0.3, 0.4) is 0 Å². The molecule has 0 unspecified atom stereocenters.